The highest BCUT2D eigenvalue weighted by molar-refractivity contribution is 5.82. The van der Waals surface area contributed by atoms with Crippen molar-refractivity contribution in [2.75, 3.05) is 13.2 Å². The smallest absolute Gasteiger partial charge is 0.262 e. The summed E-state index contributed by atoms with van der Waals surface area (Å²) in [6, 6.07) is -0.908. The van der Waals surface area contributed by atoms with Gasteiger partial charge in [-0.3, -0.25) is 10.1 Å². The van der Waals surface area contributed by atoms with Gasteiger partial charge >= 0.3 is 0 Å². The molecule has 0 bridgehead atoms. The summed E-state index contributed by atoms with van der Waals surface area (Å²) in [5.41, 5.74) is 0. The van der Waals surface area contributed by atoms with Gasteiger partial charge in [0.1, 0.15) is 0 Å². The second-order valence-corrected chi connectivity index (χ2v) is 4.84. The normalized spacial score (nSPS) is 33.6. The van der Waals surface area contributed by atoms with E-state index in [4.69, 9.17) is 4.74 Å². The summed E-state index contributed by atoms with van der Waals surface area (Å²) < 4.78 is 31.3. The number of rotatable bonds is 3. The number of carbonyl (C=O) groups is 1. The lowest BCUT2D eigenvalue weighted by molar-refractivity contribution is -0.124. The molecule has 2 rings (SSSR count). The Kier molecular flexibility index (Phi) is 3.63. The first-order chi connectivity index (χ1) is 7.98. The third kappa shape index (κ3) is 3.13. The molecule has 3 atom stereocenters. The van der Waals surface area contributed by atoms with Gasteiger partial charge in [-0.25, -0.2) is 8.78 Å². The molecule has 0 spiro atoms. The van der Waals surface area contributed by atoms with E-state index in [1.807, 2.05) is 6.92 Å². The van der Waals surface area contributed by atoms with Gasteiger partial charge in [-0.05, 0) is 19.8 Å². The number of nitrogens with one attached hydrogen (secondary N) is 2. The summed E-state index contributed by atoms with van der Waals surface area (Å²) in [7, 11) is 0. The Bertz CT molecular complexity index is 293. The van der Waals surface area contributed by atoms with Crippen LogP contribution in [0, 0.1) is 0 Å². The molecule has 17 heavy (non-hydrogen) atoms. The summed E-state index contributed by atoms with van der Waals surface area (Å²) in [5, 5.41) is 5.28. The first-order valence-corrected chi connectivity index (χ1v) is 6.01. The lowest BCUT2D eigenvalue weighted by Crippen LogP contribution is -2.48. The number of hydrogen-bond donors (Lipinski definition) is 2. The van der Waals surface area contributed by atoms with E-state index in [1.165, 1.54) is 0 Å². The SMILES string of the molecule is CC(NC(=O)C1CC(F)(F)CN1)C1CCCO1. The second-order valence-electron chi connectivity index (χ2n) is 4.84. The van der Waals surface area contributed by atoms with Gasteiger partial charge in [0.2, 0.25) is 5.91 Å². The lowest BCUT2D eigenvalue weighted by Gasteiger charge is -2.21. The zero-order chi connectivity index (χ0) is 12.5. The zero-order valence-electron chi connectivity index (χ0n) is 9.84. The molecule has 0 aromatic heterocycles. The van der Waals surface area contributed by atoms with Gasteiger partial charge in [0.05, 0.1) is 24.7 Å². The predicted octanol–water partition coefficient (Wildman–Crippen LogP) is 0.667. The molecule has 0 aliphatic carbocycles. The highest BCUT2D eigenvalue weighted by Gasteiger charge is 2.42. The molecule has 2 aliphatic rings. The van der Waals surface area contributed by atoms with Crippen LogP contribution in [0.1, 0.15) is 26.2 Å². The molecular weight excluding hydrogens is 230 g/mol. The summed E-state index contributed by atoms with van der Waals surface area (Å²) in [5.74, 6) is -3.13. The lowest BCUT2D eigenvalue weighted by atomic mass is 10.1. The molecule has 98 valence electrons. The summed E-state index contributed by atoms with van der Waals surface area (Å²) in [6.07, 6.45) is 1.50. The monoisotopic (exact) mass is 248 g/mol. The summed E-state index contributed by atoms with van der Waals surface area (Å²) in [6.45, 7) is 2.14. The van der Waals surface area contributed by atoms with Gasteiger partial charge in [0, 0.05) is 13.0 Å². The molecule has 3 unspecified atom stereocenters. The van der Waals surface area contributed by atoms with Gasteiger partial charge in [-0.2, -0.15) is 0 Å². The van der Waals surface area contributed by atoms with Crippen LogP contribution in [-0.2, 0) is 9.53 Å². The first kappa shape index (κ1) is 12.7. The maximum absolute atomic E-state index is 12.9. The minimum atomic E-state index is -2.77. The van der Waals surface area contributed by atoms with E-state index in [0.29, 0.717) is 6.61 Å². The molecule has 0 aromatic carbocycles. The minimum Gasteiger partial charge on any atom is -0.376 e. The molecule has 2 fully saturated rings. The molecule has 0 aromatic rings. The van der Waals surface area contributed by atoms with Gasteiger partial charge in [0.25, 0.3) is 5.92 Å². The van der Waals surface area contributed by atoms with Crippen molar-refractivity contribution >= 4 is 5.91 Å². The number of amides is 1. The summed E-state index contributed by atoms with van der Waals surface area (Å²) >= 11 is 0. The molecule has 2 N–H and O–H groups in total. The van der Waals surface area contributed by atoms with Crippen LogP contribution in [0.5, 0.6) is 0 Å². The maximum atomic E-state index is 12.9. The van der Waals surface area contributed by atoms with Crippen molar-refractivity contribution in [3.8, 4) is 0 Å². The Labute approximate surface area is 99.1 Å². The van der Waals surface area contributed by atoms with Crippen molar-refractivity contribution in [3.63, 3.8) is 0 Å². The zero-order valence-corrected chi connectivity index (χ0v) is 9.84. The molecule has 0 saturated carbocycles. The number of alkyl halides is 2. The topological polar surface area (TPSA) is 50.4 Å². The molecule has 6 heteroatoms. The molecule has 0 radical (unpaired) electrons. The Morgan fingerprint density at radius 1 is 1.59 bits per heavy atom. The van der Waals surface area contributed by atoms with Crippen LogP contribution in [0.25, 0.3) is 0 Å². The van der Waals surface area contributed by atoms with Crippen molar-refractivity contribution in [3.05, 3.63) is 0 Å². The Balaban J connectivity index is 1.80. The molecule has 2 heterocycles. The van der Waals surface area contributed by atoms with Gasteiger partial charge in [-0.1, -0.05) is 0 Å². The van der Waals surface area contributed by atoms with Crippen LogP contribution in [0.2, 0.25) is 0 Å². The first-order valence-electron chi connectivity index (χ1n) is 6.01. The standard InChI is InChI=1S/C11H18F2N2O2/c1-7(9-3-2-4-17-9)15-10(16)8-5-11(12,13)6-14-8/h7-9,14H,2-6H2,1H3,(H,15,16). The minimum absolute atomic E-state index is 0.0147. The fourth-order valence-corrected chi connectivity index (χ4v) is 2.32. The van der Waals surface area contributed by atoms with Gasteiger partial charge in [-0.15, -0.1) is 0 Å². The number of ether oxygens (including phenoxy) is 1. The van der Waals surface area contributed by atoms with Crippen molar-refractivity contribution < 1.29 is 18.3 Å². The van der Waals surface area contributed by atoms with Crippen LogP contribution in [0.15, 0.2) is 0 Å². The maximum Gasteiger partial charge on any atom is 0.262 e. The molecule has 2 aliphatic heterocycles. The fraction of sp³-hybridized carbons (Fsp3) is 0.909. The van der Waals surface area contributed by atoms with Crippen molar-refractivity contribution in [2.45, 2.75) is 50.3 Å². The highest BCUT2D eigenvalue weighted by Crippen LogP contribution is 2.25. The quantitative estimate of drug-likeness (QED) is 0.771. The van der Waals surface area contributed by atoms with Crippen LogP contribution < -0.4 is 10.6 Å². The molecule has 2 saturated heterocycles. The van der Waals surface area contributed by atoms with E-state index in [2.05, 4.69) is 10.6 Å². The van der Waals surface area contributed by atoms with Crippen LogP contribution in [0.3, 0.4) is 0 Å². The van der Waals surface area contributed by atoms with Crippen molar-refractivity contribution in [1.29, 1.82) is 0 Å². The van der Waals surface area contributed by atoms with E-state index < -0.39 is 24.9 Å². The van der Waals surface area contributed by atoms with E-state index in [0.717, 1.165) is 12.8 Å². The van der Waals surface area contributed by atoms with Crippen molar-refractivity contribution in [2.24, 2.45) is 0 Å². The van der Waals surface area contributed by atoms with E-state index in [1.54, 1.807) is 0 Å². The number of hydrogen-bond acceptors (Lipinski definition) is 3. The molecule has 1 amide bonds. The Morgan fingerprint density at radius 2 is 2.35 bits per heavy atom. The van der Waals surface area contributed by atoms with Gasteiger partial charge < -0.3 is 10.1 Å². The second kappa shape index (κ2) is 4.86. The third-order valence-electron chi connectivity index (χ3n) is 3.32. The Morgan fingerprint density at radius 3 is 2.88 bits per heavy atom. The average Bonchev–Trinajstić information content (AvgIpc) is 2.86. The largest absolute Gasteiger partial charge is 0.376 e. The number of carbonyl (C=O) groups excluding carboxylic acids is 1. The third-order valence-corrected chi connectivity index (χ3v) is 3.32. The van der Waals surface area contributed by atoms with E-state index >= 15 is 0 Å². The van der Waals surface area contributed by atoms with Gasteiger partial charge in [0.15, 0.2) is 0 Å². The van der Waals surface area contributed by atoms with Crippen LogP contribution in [-0.4, -0.2) is 43.2 Å². The number of halogens is 2. The van der Waals surface area contributed by atoms with Crippen molar-refractivity contribution in [1.82, 2.24) is 10.6 Å². The highest BCUT2D eigenvalue weighted by atomic mass is 19.3. The van der Waals surface area contributed by atoms with Crippen LogP contribution in [0.4, 0.5) is 8.78 Å². The Hall–Kier alpha value is -0.750. The fourth-order valence-electron chi connectivity index (χ4n) is 2.32. The molecular formula is C11H18F2N2O2. The predicted molar refractivity (Wildman–Crippen MR) is 57.9 cm³/mol. The van der Waals surface area contributed by atoms with Crippen LogP contribution >= 0.6 is 0 Å². The average molecular weight is 248 g/mol. The van der Waals surface area contributed by atoms with E-state index in [9.17, 15) is 13.6 Å². The molecule has 4 nitrogen and oxygen atoms in total. The summed E-state index contributed by atoms with van der Waals surface area (Å²) in [4.78, 5) is 11.7. The van der Waals surface area contributed by atoms with E-state index in [-0.39, 0.29) is 18.1 Å².